The van der Waals surface area contributed by atoms with Gasteiger partial charge in [0, 0.05) is 32.4 Å². The Morgan fingerprint density at radius 2 is 1.97 bits per heavy atom. The largest absolute Gasteiger partial charge is 0.484 e. The second-order valence-electron chi connectivity index (χ2n) is 7.31. The van der Waals surface area contributed by atoms with E-state index in [1.54, 1.807) is 19.2 Å². The van der Waals surface area contributed by atoms with Gasteiger partial charge in [-0.3, -0.25) is 0 Å². The first kappa shape index (κ1) is 25.8. The third-order valence-corrected chi connectivity index (χ3v) is 4.79. The first-order valence-electron chi connectivity index (χ1n) is 9.57. The number of aryl methyl sites for hydroxylation is 1. The maximum absolute atomic E-state index is 12.5. The second kappa shape index (κ2) is 11.8. The monoisotopic (exact) mass is 529 g/mol. The number of aliphatic imine (C=N–C) groups is 1. The summed E-state index contributed by atoms with van der Waals surface area (Å²) in [5.41, 5.74) is 1.72. The normalized spacial score (nSPS) is 15.4. The summed E-state index contributed by atoms with van der Waals surface area (Å²) in [5.74, 6) is 0.865. The van der Waals surface area contributed by atoms with Crippen molar-refractivity contribution >= 4 is 29.9 Å². The molecule has 0 radical (unpaired) electrons. The number of nitrogens with one attached hydrogen (secondary N) is 2. The maximum atomic E-state index is 12.5. The molecule has 2 N–H and O–H groups in total. The predicted molar refractivity (Wildman–Crippen MR) is 119 cm³/mol. The molecule has 0 aromatic heterocycles. The molecule has 1 aliphatic rings. The minimum absolute atomic E-state index is 0. The van der Waals surface area contributed by atoms with Crippen LogP contribution in [-0.4, -0.2) is 45.5 Å². The van der Waals surface area contributed by atoms with Gasteiger partial charge >= 0.3 is 6.18 Å². The van der Waals surface area contributed by atoms with Gasteiger partial charge in [0.25, 0.3) is 0 Å². The fourth-order valence-corrected chi connectivity index (χ4v) is 2.87. The molecule has 1 fully saturated rings. The van der Waals surface area contributed by atoms with Crippen molar-refractivity contribution in [2.75, 3.05) is 33.4 Å². The summed E-state index contributed by atoms with van der Waals surface area (Å²) >= 11 is 0. The molecule has 0 atom stereocenters. The smallest absolute Gasteiger partial charge is 0.422 e. The molecule has 0 aliphatic heterocycles. The van der Waals surface area contributed by atoms with Crippen molar-refractivity contribution in [1.29, 1.82) is 0 Å². The first-order valence-corrected chi connectivity index (χ1v) is 9.57. The summed E-state index contributed by atoms with van der Waals surface area (Å²) in [6.07, 6.45) is -1.04. The van der Waals surface area contributed by atoms with Crippen molar-refractivity contribution < 1.29 is 22.6 Å². The number of rotatable bonds is 10. The number of ether oxygens (including phenoxy) is 2. The summed E-state index contributed by atoms with van der Waals surface area (Å²) in [5, 5.41) is 6.54. The molecule has 0 saturated heterocycles. The van der Waals surface area contributed by atoms with Crippen LogP contribution in [-0.2, 0) is 11.3 Å². The van der Waals surface area contributed by atoms with E-state index in [1.807, 2.05) is 19.9 Å². The Hall–Kier alpha value is -1.23. The van der Waals surface area contributed by atoms with E-state index in [4.69, 9.17) is 9.47 Å². The van der Waals surface area contributed by atoms with Gasteiger partial charge in [-0.1, -0.05) is 12.1 Å². The number of methoxy groups -OCH3 is 1. The van der Waals surface area contributed by atoms with Crippen LogP contribution in [0.3, 0.4) is 0 Å². The van der Waals surface area contributed by atoms with Gasteiger partial charge in [0.15, 0.2) is 12.6 Å². The SMILES string of the molecule is CCNC(=NCc1ccc(C)cc1OCC(F)(F)F)NCC1(CCOC)CC1.I. The Labute approximate surface area is 187 Å². The van der Waals surface area contributed by atoms with Gasteiger partial charge in [0.05, 0.1) is 6.54 Å². The average molecular weight is 529 g/mol. The van der Waals surface area contributed by atoms with Crippen molar-refractivity contribution in [2.24, 2.45) is 10.4 Å². The van der Waals surface area contributed by atoms with Crippen LogP contribution < -0.4 is 15.4 Å². The van der Waals surface area contributed by atoms with E-state index in [2.05, 4.69) is 15.6 Å². The molecule has 166 valence electrons. The van der Waals surface area contributed by atoms with E-state index in [-0.39, 0.29) is 41.7 Å². The third kappa shape index (κ3) is 9.41. The molecule has 2 rings (SSSR count). The summed E-state index contributed by atoms with van der Waals surface area (Å²) in [6.45, 7) is 4.93. The molecule has 0 heterocycles. The van der Waals surface area contributed by atoms with E-state index in [0.717, 1.165) is 38.0 Å². The molecule has 1 saturated carbocycles. The van der Waals surface area contributed by atoms with Crippen LogP contribution in [0.25, 0.3) is 0 Å². The predicted octanol–water partition coefficient (Wildman–Crippen LogP) is 4.43. The van der Waals surface area contributed by atoms with Gasteiger partial charge < -0.3 is 20.1 Å². The van der Waals surface area contributed by atoms with Gasteiger partial charge in [-0.25, -0.2) is 4.99 Å². The standard InChI is InChI=1S/C20H30F3N3O2.HI/c1-4-24-18(26-13-19(7-8-19)9-10-27-3)25-12-16-6-5-15(2)11-17(16)28-14-20(21,22)23;/h5-6,11H,4,7-10,12-14H2,1-3H3,(H2,24,25,26);1H. The molecule has 5 nitrogen and oxygen atoms in total. The zero-order chi connectivity index (χ0) is 20.6. The van der Waals surface area contributed by atoms with E-state index in [9.17, 15) is 13.2 Å². The van der Waals surface area contributed by atoms with Crippen LogP contribution >= 0.6 is 24.0 Å². The van der Waals surface area contributed by atoms with Crippen LogP contribution in [0.15, 0.2) is 23.2 Å². The average Bonchev–Trinajstić information content (AvgIpc) is 3.41. The molecule has 9 heteroatoms. The van der Waals surface area contributed by atoms with Crippen molar-refractivity contribution in [3.63, 3.8) is 0 Å². The van der Waals surface area contributed by atoms with Crippen molar-refractivity contribution in [1.82, 2.24) is 10.6 Å². The number of benzene rings is 1. The Morgan fingerprint density at radius 3 is 2.55 bits per heavy atom. The van der Waals surface area contributed by atoms with Crippen LogP contribution in [0.2, 0.25) is 0 Å². The van der Waals surface area contributed by atoms with Crippen LogP contribution in [0.5, 0.6) is 5.75 Å². The van der Waals surface area contributed by atoms with Gasteiger partial charge in [-0.2, -0.15) is 13.2 Å². The van der Waals surface area contributed by atoms with Crippen LogP contribution in [0.4, 0.5) is 13.2 Å². The summed E-state index contributed by atoms with van der Waals surface area (Å²) in [4.78, 5) is 4.53. The molecule has 1 aromatic rings. The minimum atomic E-state index is -4.37. The van der Waals surface area contributed by atoms with Crippen LogP contribution in [0, 0.1) is 12.3 Å². The third-order valence-electron chi connectivity index (χ3n) is 4.79. The second-order valence-corrected chi connectivity index (χ2v) is 7.31. The topological polar surface area (TPSA) is 54.9 Å². The van der Waals surface area contributed by atoms with Crippen LogP contribution in [0.1, 0.15) is 37.3 Å². The Bertz CT molecular complexity index is 665. The van der Waals surface area contributed by atoms with Crippen molar-refractivity contribution in [2.45, 2.75) is 45.8 Å². The molecular formula is C20H31F3IN3O2. The van der Waals surface area contributed by atoms with Gasteiger partial charge in [0.1, 0.15) is 5.75 Å². The van der Waals surface area contributed by atoms with Gasteiger partial charge in [-0.05, 0) is 50.2 Å². The number of halogens is 4. The molecule has 1 aliphatic carbocycles. The highest BCUT2D eigenvalue weighted by Gasteiger charge is 2.41. The lowest BCUT2D eigenvalue weighted by molar-refractivity contribution is -0.153. The highest BCUT2D eigenvalue weighted by Crippen LogP contribution is 2.48. The molecule has 0 bridgehead atoms. The van der Waals surface area contributed by atoms with Crippen molar-refractivity contribution in [3.05, 3.63) is 29.3 Å². The van der Waals surface area contributed by atoms with Crippen molar-refractivity contribution in [3.8, 4) is 5.75 Å². The molecular weight excluding hydrogens is 498 g/mol. The molecule has 0 amide bonds. The van der Waals surface area contributed by atoms with Gasteiger partial charge in [0.2, 0.25) is 0 Å². The minimum Gasteiger partial charge on any atom is -0.484 e. The fourth-order valence-electron chi connectivity index (χ4n) is 2.87. The number of nitrogens with zero attached hydrogens (tertiary/aromatic N) is 1. The summed E-state index contributed by atoms with van der Waals surface area (Å²) in [6, 6.07) is 5.21. The maximum Gasteiger partial charge on any atom is 0.422 e. The Morgan fingerprint density at radius 1 is 1.24 bits per heavy atom. The highest BCUT2D eigenvalue weighted by atomic mass is 127. The molecule has 29 heavy (non-hydrogen) atoms. The van der Waals surface area contributed by atoms with Gasteiger partial charge in [-0.15, -0.1) is 24.0 Å². The zero-order valence-electron chi connectivity index (χ0n) is 17.2. The number of guanidine groups is 1. The lowest BCUT2D eigenvalue weighted by atomic mass is 10.0. The Balaban J connectivity index is 0.00000420. The zero-order valence-corrected chi connectivity index (χ0v) is 19.5. The first-order chi connectivity index (χ1) is 13.3. The molecule has 1 aromatic carbocycles. The number of alkyl halides is 3. The van der Waals surface area contributed by atoms with E-state index < -0.39 is 12.8 Å². The quantitative estimate of drug-likeness (QED) is 0.268. The highest BCUT2D eigenvalue weighted by molar-refractivity contribution is 14.0. The lowest BCUT2D eigenvalue weighted by Gasteiger charge is -2.18. The summed E-state index contributed by atoms with van der Waals surface area (Å²) in [7, 11) is 1.70. The van der Waals surface area contributed by atoms with E-state index in [0.29, 0.717) is 18.1 Å². The van der Waals surface area contributed by atoms with E-state index >= 15 is 0 Å². The molecule has 0 unspecified atom stereocenters. The fraction of sp³-hybridized carbons (Fsp3) is 0.650. The molecule has 0 spiro atoms. The lowest BCUT2D eigenvalue weighted by Crippen LogP contribution is -2.40. The Kier molecular flexibility index (Phi) is 10.5. The number of hydrogen-bond donors (Lipinski definition) is 2. The summed E-state index contributed by atoms with van der Waals surface area (Å²) < 4.78 is 47.7. The van der Waals surface area contributed by atoms with E-state index in [1.165, 1.54) is 0 Å². The number of hydrogen-bond acceptors (Lipinski definition) is 3.